The zero-order valence-electron chi connectivity index (χ0n) is 14.1. The Kier molecular flexibility index (Phi) is 5.66. The van der Waals surface area contributed by atoms with Crippen molar-refractivity contribution in [2.24, 2.45) is 10.9 Å². The fourth-order valence-corrected chi connectivity index (χ4v) is 2.97. The highest BCUT2D eigenvalue weighted by Crippen LogP contribution is 2.33. The predicted molar refractivity (Wildman–Crippen MR) is 93.8 cm³/mol. The van der Waals surface area contributed by atoms with Crippen LogP contribution in [0.25, 0.3) is 0 Å². The molecule has 3 rings (SSSR count). The van der Waals surface area contributed by atoms with E-state index < -0.39 is 0 Å². The molecule has 1 aliphatic carbocycles. The van der Waals surface area contributed by atoms with E-state index in [9.17, 15) is 0 Å². The van der Waals surface area contributed by atoms with Crippen molar-refractivity contribution in [1.82, 2.24) is 20.2 Å². The Morgan fingerprint density at radius 3 is 2.61 bits per heavy atom. The zero-order chi connectivity index (χ0) is 15.9. The second-order valence-corrected chi connectivity index (χ2v) is 6.34. The van der Waals surface area contributed by atoms with E-state index in [-0.39, 0.29) is 0 Å². The second-order valence-electron chi connectivity index (χ2n) is 6.34. The van der Waals surface area contributed by atoms with Gasteiger partial charge in [0.15, 0.2) is 5.96 Å². The molecule has 2 aliphatic rings. The fourth-order valence-electron chi connectivity index (χ4n) is 2.97. The number of guanidine groups is 1. The summed E-state index contributed by atoms with van der Waals surface area (Å²) in [4.78, 5) is 18.1. The zero-order valence-corrected chi connectivity index (χ0v) is 14.1. The SMILES string of the molecule is CCNC(=NCCCC1CC1)N1CCN(c2ncccn2)CC1. The Morgan fingerprint density at radius 1 is 1.22 bits per heavy atom. The summed E-state index contributed by atoms with van der Waals surface area (Å²) in [6, 6.07) is 1.86. The quantitative estimate of drug-likeness (QED) is 0.492. The van der Waals surface area contributed by atoms with Gasteiger partial charge in [-0.15, -0.1) is 0 Å². The maximum Gasteiger partial charge on any atom is 0.225 e. The minimum Gasteiger partial charge on any atom is -0.357 e. The molecule has 2 fully saturated rings. The number of aliphatic imine (C=N–C) groups is 1. The molecular formula is C17H28N6. The largest absolute Gasteiger partial charge is 0.357 e. The first kappa shape index (κ1) is 16.0. The topological polar surface area (TPSA) is 56.7 Å². The molecule has 0 radical (unpaired) electrons. The molecule has 0 aromatic carbocycles. The first-order chi connectivity index (χ1) is 11.4. The second kappa shape index (κ2) is 8.13. The van der Waals surface area contributed by atoms with Crippen LogP contribution in [-0.2, 0) is 0 Å². The monoisotopic (exact) mass is 316 g/mol. The molecule has 23 heavy (non-hydrogen) atoms. The van der Waals surface area contributed by atoms with Gasteiger partial charge < -0.3 is 15.1 Å². The molecule has 2 heterocycles. The number of nitrogens with zero attached hydrogens (tertiary/aromatic N) is 5. The maximum atomic E-state index is 4.82. The van der Waals surface area contributed by atoms with Gasteiger partial charge in [-0.25, -0.2) is 9.97 Å². The number of nitrogens with one attached hydrogen (secondary N) is 1. The minimum absolute atomic E-state index is 0.832. The van der Waals surface area contributed by atoms with Gasteiger partial charge in [0.2, 0.25) is 5.95 Å². The number of anilines is 1. The van der Waals surface area contributed by atoms with Crippen LogP contribution in [0, 0.1) is 5.92 Å². The summed E-state index contributed by atoms with van der Waals surface area (Å²) in [5, 5.41) is 3.44. The van der Waals surface area contributed by atoms with Crippen molar-refractivity contribution in [2.45, 2.75) is 32.6 Å². The van der Waals surface area contributed by atoms with Crippen LogP contribution in [0.15, 0.2) is 23.5 Å². The molecular weight excluding hydrogens is 288 g/mol. The van der Waals surface area contributed by atoms with Gasteiger partial charge in [0, 0.05) is 51.7 Å². The van der Waals surface area contributed by atoms with Crippen LogP contribution in [0.2, 0.25) is 0 Å². The summed E-state index contributed by atoms with van der Waals surface area (Å²) in [6.07, 6.45) is 9.06. The molecule has 1 saturated carbocycles. The van der Waals surface area contributed by atoms with E-state index in [0.717, 1.165) is 57.1 Å². The number of hydrogen-bond donors (Lipinski definition) is 1. The lowest BCUT2D eigenvalue weighted by molar-refractivity contribution is 0.370. The molecule has 0 atom stereocenters. The van der Waals surface area contributed by atoms with E-state index in [1.54, 1.807) is 12.4 Å². The molecule has 1 N–H and O–H groups in total. The molecule has 126 valence electrons. The van der Waals surface area contributed by atoms with Crippen molar-refractivity contribution in [3.8, 4) is 0 Å². The molecule has 0 unspecified atom stereocenters. The average molecular weight is 316 g/mol. The van der Waals surface area contributed by atoms with Crippen LogP contribution < -0.4 is 10.2 Å². The normalized spacial score (nSPS) is 19.1. The third kappa shape index (κ3) is 4.81. The van der Waals surface area contributed by atoms with E-state index in [4.69, 9.17) is 4.99 Å². The molecule has 1 aromatic rings. The standard InChI is InChI=1S/C17H28N6/c1-2-18-16(19-8-3-5-15-6-7-15)22-11-13-23(14-12-22)17-20-9-4-10-21-17/h4,9-10,15H,2-3,5-8,11-14H2,1H3,(H,18,19). The van der Waals surface area contributed by atoms with Gasteiger partial charge >= 0.3 is 0 Å². The Bertz CT molecular complexity index is 491. The van der Waals surface area contributed by atoms with Crippen LogP contribution in [0.5, 0.6) is 0 Å². The third-order valence-corrected chi connectivity index (χ3v) is 4.48. The molecule has 1 aromatic heterocycles. The van der Waals surface area contributed by atoms with Crippen LogP contribution in [0.3, 0.4) is 0 Å². The number of piperazine rings is 1. The first-order valence-electron chi connectivity index (χ1n) is 8.92. The van der Waals surface area contributed by atoms with Crippen molar-refractivity contribution in [3.63, 3.8) is 0 Å². The first-order valence-corrected chi connectivity index (χ1v) is 8.92. The number of hydrogen-bond acceptors (Lipinski definition) is 4. The van der Waals surface area contributed by atoms with Gasteiger partial charge in [0.05, 0.1) is 0 Å². The minimum atomic E-state index is 0.832. The number of rotatable bonds is 6. The Hall–Kier alpha value is -1.85. The van der Waals surface area contributed by atoms with Crippen molar-refractivity contribution in [3.05, 3.63) is 18.5 Å². The van der Waals surface area contributed by atoms with E-state index in [2.05, 4.69) is 32.0 Å². The Morgan fingerprint density at radius 2 is 1.96 bits per heavy atom. The highest BCUT2D eigenvalue weighted by atomic mass is 15.4. The summed E-state index contributed by atoms with van der Waals surface area (Å²) in [7, 11) is 0. The lowest BCUT2D eigenvalue weighted by atomic mass is 10.2. The smallest absolute Gasteiger partial charge is 0.225 e. The van der Waals surface area contributed by atoms with Gasteiger partial charge in [-0.2, -0.15) is 0 Å². The summed E-state index contributed by atoms with van der Waals surface area (Å²) in [5.74, 6) is 2.90. The fraction of sp³-hybridized carbons (Fsp3) is 0.706. The highest BCUT2D eigenvalue weighted by Gasteiger charge is 2.22. The molecule has 0 spiro atoms. The Balaban J connectivity index is 1.49. The lowest BCUT2D eigenvalue weighted by Gasteiger charge is -2.36. The summed E-state index contributed by atoms with van der Waals surface area (Å²) in [6.45, 7) is 7.81. The van der Waals surface area contributed by atoms with E-state index in [0.29, 0.717) is 0 Å². The number of aromatic nitrogens is 2. The van der Waals surface area contributed by atoms with Gasteiger partial charge in [0.25, 0.3) is 0 Å². The van der Waals surface area contributed by atoms with Gasteiger partial charge in [-0.05, 0) is 31.7 Å². The molecule has 6 nitrogen and oxygen atoms in total. The summed E-state index contributed by atoms with van der Waals surface area (Å²) < 4.78 is 0. The highest BCUT2D eigenvalue weighted by molar-refractivity contribution is 5.80. The van der Waals surface area contributed by atoms with Gasteiger partial charge in [-0.1, -0.05) is 12.8 Å². The molecule has 6 heteroatoms. The third-order valence-electron chi connectivity index (χ3n) is 4.48. The Labute approximate surface area is 139 Å². The van der Waals surface area contributed by atoms with E-state index in [1.165, 1.54) is 25.7 Å². The van der Waals surface area contributed by atoms with Crippen molar-refractivity contribution < 1.29 is 0 Å². The van der Waals surface area contributed by atoms with E-state index in [1.807, 2.05) is 6.07 Å². The summed E-state index contributed by atoms with van der Waals surface area (Å²) in [5.41, 5.74) is 0. The summed E-state index contributed by atoms with van der Waals surface area (Å²) >= 11 is 0. The van der Waals surface area contributed by atoms with Crippen LogP contribution in [0.4, 0.5) is 5.95 Å². The average Bonchev–Trinajstić information content (AvgIpc) is 3.43. The molecule has 0 amide bonds. The van der Waals surface area contributed by atoms with E-state index >= 15 is 0 Å². The van der Waals surface area contributed by atoms with Crippen LogP contribution in [0.1, 0.15) is 32.6 Å². The molecule has 1 aliphatic heterocycles. The van der Waals surface area contributed by atoms with Crippen LogP contribution >= 0.6 is 0 Å². The molecule has 1 saturated heterocycles. The van der Waals surface area contributed by atoms with Gasteiger partial charge in [-0.3, -0.25) is 4.99 Å². The van der Waals surface area contributed by atoms with Gasteiger partial charge in [0.1, 0.15) is 0 Å². The van der Waals surface area contributed by atoms with Crippen molar-refractivity contribution >= 4 is 11.9 Å². The molecule has 0 bridgehead atoms. The van der Waals surface area contributed by atoms with Crippen molar-refractivity contribution in [1.29, 1.82) is 0 Å². The van der Waals surface area contributed by atoms with Crippen LogP contribution in [-0.4, -0.2) is 60.1 Å². The van der Waals surface area contributed by atoms with Crippen molar-refractivity contribution in [2.75, 3.05) is 44.2 Å². The maximum absolute atomic E-state index is 4.82. The lowest BCUT2D eigenvalue weighted by Crippen LogP contribution is -2.53. The predicted octanol–water partition coefficient (Wildman–Crippen LogP) is 1.75.